The molecule has 1 saturated heterocycles. The second kappa shape index (κ2) is 6.85. The largest absolute Gasteiger partial charge is 0.497 e. The summed E-state index contributed by atoms with van der Waals surface area (Å²) in [5.41, 5.74) is 0.490. The van der Waals surface area contributed by atoms with Gasteiger partial charge in [0.25, 0.3) is 10.0 Å². The van der Waals surface area contributed by atoms with Crippen LogP contribution in [-0.2, 0) is 14.8 Å². The van der Waals surface area contributed by atoms with Crippen LogP contribution in [0.2, 0.25) is 0 Å². The zero-order valence-electron chi connectivity index (χ0n) is 13.0. The van der Waals surface area contributed by atoms with Gasteiger partial charge in [-0.1, -0.05) is 11.8 Å². The van der Waals surface area contributed by atoms with Gasteiger partial charge in [0, 0.05) is 0 Å². The zero-order chi connectivity index (χ0) is 18.0. The SMILES string of the molecule is COc1ccc(N2C(=O)CSC2=NS(=O)(=O)c2ccc(F)cc2)cc1. The summed E-state index contributed by atoms with van der Waals surface area (Å²) in [5.74, 6) is -0.121. The summed E-state index contributed by atoms with van der Waals surface area (Å²) in [6.45, 7) is 0. The number of amides is 1. The first kappa shape index (κ1) is 17.4. The molecule has 0 aromatic heterocycles. The molecule has 0 atom stereocenters. The van der Waals surface area contributed by atoms with Crippen LogP contribution in [0, 0.1) is 5.82 Å². The van der Waals surface area contributed by atoms with Gasteiger partial charge in [-0.2, -0.15) is 8.42 Å². The number of carbonyl (C=O) groups excluding carboxylic acids is 1. The molecule has 6 nitrogen and oxygen atoms in total. The van der Waals surface area contributed by atoms with Crippen LogP contribution >= 0.6 is 11.8 Å². The molecule has 25 heavy (non-hydrogen) atoms. The molecule has 9 heteroatoms. The molecule has 130 valence electrons. The van der Waals surface area contributed by atoms with E-state index < -0.39 is 15.8 Å². The Bertz CT molecular complexity index is 926. The average Bonchev–Trinajstić information content (AvgIpc) is 2.95. The van der Waals surface area contributed by atoms with Gasteiger partial charge < -0.3 is 4.74 Å². The topological polar surface area (TPSA) is 76.0 Å². The molecule has 1 aliphatic rings. The van der Waals surface area contributed by atoms with Crippen molar-refractivity contribution < 1.29 is 22.3 Å². The maximum atomic E-state index is 13.0. The van der Waals surface area contributed by atoms with Crippen molar-refractivity contribution in [1.82, 2.24) is 0 Å². The van der Waals surface area contributed by atoms with Crippen LogP contribution in [0.3, 0.4) is 0 Å². The highest BCUT2D eigenvalue weighted by Crippen LogP contribution is 2.29. The number of nitrogens with zero attached hydrogens (tertiary/aromatic N) is 2. The third-order valence-electron chi connectivity index (χ3n) is 3.41. The summed E-state index contributed by atoms with van der Waals surface area (Å²) >= 11 is 1.03. The van der Waals surface area contributed by atoms with Crippen LogP contribution in [0.5, 0.6) is 5.75 Å². The Kier molecular flexibility index (Phi) is 4.78. The Morgan fingerprint density at radius 3 is 2.36 bits per heavy atom. The van der Waals surface area contributed by atoms with Crippen LogP contribution in [0.15, 0.2) is 57.8 Å². The van der Waals surface area contributed by atoms with E-state index in [9.17, 15) is 17.6 Å². The first-order chi connectivity index (χ1) is 11.9. The Balaban J connectivity index is 1.97. The summed E-state index contributed by atoms with van der Waals surface area (Å²) in [4.78, 5) is 13.3. The first-order valence-electron chi connectivity index (χ1n) is 7.11. The lowest BCUT2D eigenvalue weighted by molar-refractivity contribution is -0.115. The smallest absolute Gasteiger partial charge is 0.284 e. The van der Waals surface area contributed by atoms with Gasteiger partial charge in [-0.25, -0.2) is 4.39 Å². The number of rotatable bonds is 4. The summed E-state index contributed by atoms with van der Waals surface area (Å²) in [5, 5.41) is 0.0551. The van der Waals surface area contributed by atoms with Crippen molar-refractivity contribution in [2.24, 2.45) is 4.40 Å². The molecular weight excluding hydrogens is 367 g/mol. The Hall–Kier alpha value is -2.39. The Morgan fingerprint density at radius 2 is 1.76 bits per heavy atom. The van der Waals surface area contributed by atoms with Crippen molar-refractivity contribution in [3.8, 4) is 5.75 Å². The van der Waals surface area contributed by atoms with Crippen LogP contribution < -0.4 is 9.64 Å². The number of benzene rings is 2. The van der Waals surface area contributed by atoms with Crippen molar-refractivity contribution >= 4 is 38.5 Å². The molecule has 0 N–H and O–H groups in total. The minimum Gasteiger partial charge on any atom is -0.497 e. The molecule has 0 bridgehead atoms. The number of thioether (sulfide) groups is 1. The highest BCUT2D eigenvalue weighted by Gasteiger charge is 2.31. The number of methoxy groups -OCH3 is 1. The standard InChI is InChI=1S/C16H13FN2O4S2/c1-23-13-6-4-12(5-7-13)19-15(20)10-24-16(19)18-25(21,22)14-8-2-11(17)3-9-14/h2-9H,10H2,1H3. The fourth-order valence-corrected chi connectivity index (χ4v) is 4.27. The molecule has 1 fully saturated rings. The molecule has 0 saturated carbocycles. The van der Waals surface area contributed by atoms with Gasteiger partial charge in [0.1, 0.15) is 11.6 Å². The monoisotopic (exact) mass is 380 g/mol. The predicted octanol–water partition coefficient (Wildman–Crippen LogP) is 2.66. The summed E-state index contributed by atoms with van der Waals surface area (Å²) in [6, 6.07) is 11.0. The van der Waals surface area contributed by atoms with Crippen molar-refractivity contribution in [1.29, 1.82) is 0 Å². The van der Waals surface area contributed by atoms with E-state index in [0.29, 0.717) is 11.4 Å². The van der Waals surface area contributed by atoms with Gasteiger partial charge in [-0.15, -0.1) is 4.40 Å². The third-order valence-corrected chi connectivity index (χ3v) is 5.73. The molecule has 0 unspecified atom stereocenters. The van der Waals surface area contributed by atoms with Gasteiger partial charge in [0.15, 0.2) is 5.17 Å². The van der Waals surface area contributed by atoms with E-state index in [1.165, 1.54) is 12.0 Å². The average molecular weight is 380 g/mol. The number of anilines is 1. The summed E-state index contributed by atoms with van der Waals surface area (Å²) < 4.78 is 46.6. The molecule has 0 spiro atoms. The van der Waals surface area contributed by atoms with E-state index in [0.717, 1.165) is 36.0 Å². The van der Waals surface area contributed by atoms with Crippen molar-refractivity contribution in [2.75, 3.05) is 17.8 Å². The zero-order valence-corrected chi connectivity index (χ0v) is 14.7. The van der Waals surface area contributed by atoms with Gasteiger partial charge in [0.2, 0.25) is 5.91 Å². The molecule has 3 rings (SSSR count). The summed E-state index contributed by atoms with van der Waals surface area (Å²) in [7, 11) is -2.53. The lowest BCUT2D eigenvalue weighted by Gasteiger charge is -2.16. The second-order valence-electron chi connectivity index (χ2n) is 5.02. The van der Waals surface area contributed by atoms with E-state index in [1.807, 2.05) is 0 Å². The van der Waals surface area contributed by atoms with Crippen LogP contribution in [0.25, 0.3) is 0 Å². The van der Waals surface area contributed by atoms with E-state index in [-0.39, 0.29) is 21.7 Å². The third kappa shape index (κ3) is 3.67. The van der Waals surface area contributed by atoms with Crippen LogP contribution in [-0.4, -0.2) is 32.4 Å². The molecule has 0 aliphatic carbocycles. The van der Waals surface area contributed by atoms with Crippen LogP contribution in [0.4, 0.5) is 10.1 Å². The number of sulfonamides is 1. The Morgan fingerprint density at radius 1 is 1.12 bits per heavy atom. The molecule has 2 aromatic carbocycles. The predicted molar refractivity (Wildman–Crippen MR) is 94.0 cm³/mol. The van der Waals surface area contributed by atoms with Gasteiger partial charge in [0.05, 0.1) is 23.4 Å². The van der Waals surface area contributed by atoms with Crippen molar-refractivity contribution in [3.63, 3.8) is 0 Å². The molecular formula is C16H13FN2O4S2. The normalized spacial score (nSPS) is 16.5. The minimum absolute atomic E-state index is 0.0551. The number of halogens is 1. The van der Waals surface area contributed by atoms with E-state index in [1.54, 1.807) is 24.3 Å². The summed E-state index contributed by atoms with van der Waals surface area (Å²) in [6.07, 6.45) is 0. The number of hydrogen-bond acceptors (Lipinski definition) is 5. The highest BCUT2D eigenvalue weighted by molar-refractivity contribution is 8.16. The minimum atomic E-state index is -4.06. The number of hydrogen-bond donors (Lipinski definition) is 0. The lowest BCUT2D eigenvalue weighted by Crippen LogP contribution is -2.29. The lowest BCUT2D eigenvalue weighted by atomic mass is 10.3. The fourth-order valence-electron chi connectivity index (χ4n) is 2.18. The molecule has 1 amide bonds. The van der Waals surface area contributed by atoms with Crippen LogP contribution in [0.1, 0.15) is 0 Å². The van der Waals surface area contributed by atoms with Crippen molar-refractivity contribution in [2.45, 2.75) is 4.90 Å². The maximum Gasteiger partial charge on any atom is 0.284 e. The fraction of sp³-hybridized carbons (Fsp3) is 0.125. The molecule has 0 radical (unpaired) electrons. The maximum absolute atomic E-state index is 13.0. The van der Waals surface area contributed by atoms with E-state index >= 15 is 0 Å². The first-order valence-corrected chi connectivity index (χ1v) is 9.53. The molecule has 1 heterocycles. The van der Waals surface area contributed by atoms with Gasteiger partial charge >= 0.3 is 0 Å². The molecule has 1 aliphatic heterocycles. The highest BCUT2D eigenvalue weighted by atomic mass is 32.2. The van der Waals surface area contributed by atoms with E-state index in [4.69, 9.17) is 4.74 Å². The van der Waals surface area contributed by atoms with Crippen molar-refractivity contribution in [3.05, 3.63) is 54.3 Å². The molecule has 2 aromatic rings. The quantitative estimate of drug-likeness (QED) is 0.815. The van der Waals surface area contributed by atoms with Gasteiger partial charge in [-0.3, -0.25) is 9.69 Å². The Labute approximate surface area is 148 Å². The van der Waals surface area contributed by atoms with E-state index in [2.05, 4.69) is 4.40 Å². The number of ether oxygens (including phenoxy) is 1. The van der Waals surface area contributed by atoms with Gasteiger partial charge in [-0.05, 0) is 48.5 Å². The number of carbonyl (C=O) groups is 1. The number of amidine groups is 1. The second-order valence-corrected chi connectivity index (χ2v) is 7.57.